The van der Waals surface area contributed by atoms with E-state index in [9.17, 15) is 9.90 Å². The van der Waals surface area contributed by atoms with E-state index in [1.807, 2.05) is 32.9 Å². The van der Waals surface area contributed by atoms with Crippen LogP contribution >= 0.6 is 0 Å². The van der Waals surface area contributed by atoms with Crippen LogP contribution in [0, 0.1) is 5.92 Å². The Morgan fingerprint density at radius 1 is 1.15 bits per heavy atom. The van der Waals surface area contributed by atoms with Crippen LogP contribution in [0.3, 0.4) is 0 Å². The van der Waals surface area contributed by atoms with E-state index in [0.717, 1.165) is 0 Å². The molecule has 1 aromatic carbocycles. The van der Waals surface area contributed by atoms with Gasteiger partial charge in [0, 0.05) is 19.1 Å². The lowest BCUT2D eigenvalue weighted by Gasteiger charge is -2.23. The topological polar surface area (TPSA) is 92.7 Å². The van der Waals surface area contributed by atoms with Crippen molar-refractivity contribution in [1.29, 1.82) is 0 Å². The van der Waals surface area contributed by atoms with E-state index in [1.165, 1.54) is 7.11 Å². The van der Waals surface area contributed by atoms with Crippen molar-refractivity contribution < 1.29 is 38.3 Å². The van der Waals surface area contributed by atoms with E-state index in [4.69, 9.17) is 28.4 Å². The number of hydrogen-bond donors (Lipinski definition) is 1. The molecule has 1 aromatic rings. The molecule has 0 aromatic heterocycles. The lowest BCUT2D eigenvalue weighted by Crippen LogP contribution is -2.34. The highest BCUT2D eigenvalue weighted by Gasteiger charge is 2.43. The Balaban J connectivity index is 2.06. The molecule has 5 atom stereocenters. The van der Waals surface area contributed by atoms with Gasteiger partial charge in [0.1, 0.15) is 35.4 Å². The van der Waals surface area contributed by atoms with Gasteiger partial charge in [-0.05, 0) is 38.8 Å². The molecule has 33 heavy (non-hydrogen) atoms. The Morgan fingerprint density at radius 3 is 2.61 bits per heavy atom. The molecule has 2 unspecified atom stereocenters. The van der Waals surface area contributed by atoms with Crippen LogP contribution in [-0.2, 0) is 18.9 Å². The monoisotopic (exact) mass is 462 g/mol. The number of rotatable bonds is 4. The molecule has 2 aliphatic rings. The molecule has 0 radical (unpaired) electrons. The number of carbonyl (C=O) groups excluding carboxylic acids is 1. The first-order valence-corrected chi connectivity index (χ1v) is 11.1. The van der Waals surface area contributed by atoms with Crippen molar-refractivity contribution in [2.45, 2.75) is 64.3 Å². The van der Waals surface area contributed by atoms with E-state index in [2.05, 4.69) is 0 Å². The summed E-state index contributed by atoms with van der Waals surface area (Å²) in [5.74, 6) is -0.656. The number of hydrogen-bond acceptors (Lipinski definition) is 8. The van der Waals surface area contributed by atoms with Gasteiger partial charge in [0.15, 0.2) is 12.6 Å². The minimum Gasteiger partial charge on any atom is -0.497 e. The van der Waals surface area contributed by atoms with Crippen LogP contribution in [0.1, 0.15) is 50.0 Å². The number of cyclic esters (lactones) is 1. The second-order valence-electron chi connectivity index (χ2n) is 8.76. The van der Waals surface area contributed by atoms with Gasteiger partial charge in [-0.1, -0.05) is 31.2 Å². The number of benzene rings is 1. The Kier molecular flexibility index (Phi) is 8.18. The Morgan fingerprint density at radius 2 is 1.91 bits per heavy atom. The maximum atomic E-state index is 13.2. The molecule has 8 nitrogen and oxygen atoms in total. The zero-order chi connectivity index (χ0) is 24.2. The van der Waals surface area contributed by atoms with Gasteiger partial charge in [-0.3, -0.25) is 0 Å². The first kappa shape index (κ1) is 25.2. The molecule has 2 aliphatic heterocycles. The predicted octanol–water partition coefficient (Wildman–Crippen LogP) is 3.71. The van der Waals surface area contributed by atoms with Crippen LogP contribution in [-0.4, -0.2) is 62.3 Å². The highest BCUT2D eigenvalue weighted by atomic mass is 16.8. The van der Waals surface area contributed by atoms with Gasteiger partial charge in [-0.2, -0.15) is 0 Å². The second kappa shape index (κ2) is 10.7. The summed E-state index contributed by atoms with van der Waals surface area (Å²) in [5.41, 5.74) is 0.859. The third kappa shape index (κ3) is 6.14. The smallest absolute Gasteiger partial charge is 0.342 e. The first-order chi connectivity index (χ1) is 15.6. The lowest BCUT2D eigenvalue weighted by molar-refractivity contribution is -0.152. The number of aliphatic hydroxyl groups is 1. The zero-order valence-corrected chi connectivity index (χ0v) is 20.1. The van der Waals surface area contributed by atoms with Crippen LogP contribution in [0.5, 0.6) is 11.5 Å². The number of aliphatic hydroxyl groups excluding tert-OH is 1. The molecule has 0 bridgehead atoms. The van der Waals surface area contributed by atoms with Crippen molar-refractivity contribution in [2.75, 3.05) is 21.0 Å². The molecular weight excluding hydrogens is 428 g/mol. The number of esters is 1. The van der Waals surface area contributed by atoms with Crippen LogP contribution in [0.4, 0.5) is 0 Å². The van der Waals surface area contributed by atoms with Crippen molar-refractivity contribution in [3.63, 3.8) is 0 Å². The largest absolute Gasteiger partial charge is 0.497 e. The highest BCUT2D eigenvalue weighted by Crippen LogP contribution is 2.35. The van der Waals surface area contributed by atoms with Gasteiger partial charge in [0.25, 0.3) is 0 Å². The van der Waals surface area contributed by atoms with Crippen molar-refractivity contribution in [1.82, 2.24) is 0 Å². The summed E-state index contributed by atoms with van der Waals surface area (Å²) in [6.07, 6.45) is 5.44. The van der Waals surface area contributed by atoms with Crippen LogP contribution in [0.2, 0.25) is 0 Å². The standard InChI is InChI=1S/C25H34O8/c1-15-10-11-19(26)23-20(32-25(3,4)33-23)9-7-8-17-12-18(29-6)13-21(30-14-28-5)22(17)24(27)31-16(15)2/h7-8,10-13,15-16,19-20,23,26H,9,14H2,1-6H3/t15-,16+,19?,20+,23?/m1/s1. The molecule has 1 saturated heterocycles. The van der Waals surface area contributed by atoms with Crippen molar-refractivity contribution in [3.8, 4) is 11.5 Å². The zero-order valence-electron chi connectivity index (χ0n) is 20.1. The van der Waals surface area contributed by atoms with Gasteiger partial charge in [0.05, 0.1) is 13.2 Å². The minimum atomic E-state index is -0.861. The fourth-order valence-corrected chi connectivity index (χ4v) is 3.87. The molecule has 0 amide bonds. The molecule has 1 N–H and O–H groups in total. The predicted molar refractivity (Wildman–Crippen MR) is 122 cm³/mol. The van der Waals surface area contributed by atoms with E-state index in [1.54, 1.807) is 38.3 Å². The summed E-state index contributed by atoms with van der Waals surface area (Å²) in [4.78, 5) is 13.2. The summed E-state index contributed by atoms with van der Waals surface area (Å²) in [6, 6.07) is 3.38. The fourth-order valence-electron chi connectivity index (χ4n) is 3.87. The van der Waals surface area contributed by atoms with Crippen molar-refractivity contribution in [3.05, 3.63) is 41.5 Å². The third-order valence-corrected chi connectivity index (χ3v) is 5.75. The van der Waals surface area contributed by atoms with E-state index in [-0.39, 0.29) is 24.4 Å². The Bertz CT molecular complexity index is 891. The summed E-state index contributed by atoms with van der Waals surface area (Å²) in [5, 5.41) is 10.8. The van der Waals surface area contributed by atoms with Gasteiger partial charge in [-0.15, -0.1) is 0 Å². The molecule has 8 heteroatoms. The Labute approximate surface area is 195 Å². The van der Waals surface area contributed by atoms with E-state index in [0.29, 0.717) is 23.5 Å². The second-order valence-corrected chi connectivity index (χ2v) is 8.76. The van der Waals surface area contributed by atoms with Crippen molar-refractivity contribution in [2.24, 2.45) is 5.92 Å². The number of fused-ring (bicyclic) bond motifs is 2. The van der Waals surface area contributed by atoms with Gasteiger partial charge < -0.3 is 33.5 Å². The summed E-state index contributed by atoms with van der Waals surface area (Å²) in [6.45, 7) is 7.34. The first-order valence-electron chi connectivity index (χ1n) is 11.1. The average Bonchev–Trinajstić information content (AvgIpc) is 3.08. The van der Waals surface area contributed by atoms with E-state index < -0.39 is 30.1 Å². The fraction of sp³-hybridized carbons (Fsp3) is 0.560. The maximum Gasteiger partial charge on any atom is 0.342 e. The summed E-state index contributed by atoms with van der Waals surface area (Å²) < 4.78 is 33.9. The molecule has 0 aliphatic carbocycles. The normalized spacial score (nSPS) is 29.5. The molecule has 3 rings (SSSR count). The highest BCUT2D eigenvalue weighted by molar-refractivity contribution is 5.97. The molecule has 182 valence electrons. The summed E-state index contributed by atoms with van der Waals surface area (Å²) >= 11 is 0. The van der Waals surface area contributed by atoms with Crippen LogP contribution in [0.25, 0.3) is 6.08 Å². The van der Waals surface area contributed by atoms with Gasteiger partial charge in [0.2, 0.25) is 0 Å². The van der Waals surface area contributed by atoms with Crippen LogP contribution < -0.4 is 9.47 Å². The van der Waals surface area contributed by atoms with Gasteiger partial charge >= 0.3 is 5.97 Å². The molecule has 2 heterocycles. The molecule has 0 saturated carbocycles. The average molecular weight is 463 g/mol. The minimum absolute atomic E-state index is 0.0345. The quantitative estimate of drug-likeness (QED) is 0.411. The van der Waals surface area contributed by atoms with Crippen LogP contribution in [0.15, 0.2) is 30.4 Å². The molecule has 1 fully saturated rings. The molecular formula is C25H34O8. The number of methoxy groups -OCH3 is 2. The van der Waals surface area contributed by atoms with E-state index >= 15 is 0 Å². The number of carbonyl (C=O) groups is 1. The van der Waals surface area contributed by atoms with Crippen molar-refractivity contribution >= 4 is 12.0 Å². The van der Waals surface area contributed by atoms with Gasteiger partial charge in [-0.25, -0.2) is 4.79 Å². The summed E-state index contributed by atoms with van der Waals surface area (Å²) in [7, 11) is 3.05. The lowest BCUT2D eigenvalue weighted by atomic mass is 9.99. The SMILES string of the molecule is COCOc1cc(OC)cc2c1C(=O)O[C@@H](C)[C@H](C)C=CC(O)C1OC(C)(C)O[C@H]1CC=C2. The third-order valence-electron chi connectivity index (χ3n) is 5.75. The molecule has 0 spiro atoms. The maximum absolute atomic E-state index is 13.2. The Hall–Kier alpha value is -2.39. The number of ether oxygens (including phenoxy) is 6.